The zero-order chi connectivity index (χ0) is 10.2. The molecule has 14 heavy (non-hydrogen) atoms. The maximum Gasteiger partial charge on any atom is 0.145 e. The van der Waals surface area contributed by atoms with E-state index < -0.39 is 3.61 Å². The van der Waals surface area contributed by atoms with E-state index in [4.69, 9.17) is 4.74 Å². The highest BCUT2D eigenvalue weighted by Crippen LogP contribution is 2.41. The van der Waals surface area contributed by atoms with Crippen molar-refractivity contribution in [1.82, 2.24) is 0 Å². The van der Waals surface area contributed by atoms with Gasteiger partial charge in [0.1, 0.15) is 9.37 Å². The number of fused-ring (bicyclic) bond motifs is 1. The topological polar surface area (TPSA) is 29.5 Å². The van der Waals surface area contributed by atoms with Crippen LogP contribution in [0.15, 0.2) is 30.3 Å². The van der Waals surface area contributed by atoms with Gasteiger partial charge < -0.3 is 9.84 Å². The van der Waals surface area contributed by atoms with Gasteiger partial charge in [0.05, 0.1) is 7.11 Å². The molecule has 0 saturated heterocycles. The van der Waals surface area contributed by atoms with Crippen LogP contribution in [0.3, 0.4) is 0 Å². The Morgan fingerprint density at radius 3 is 2.86 bits per heavy atom. The van der Waals surface area contributed by atoms with Crippen molar-refractivity contribution in [3.8, 4) is 0 Å². The van der Waals surface area contributed by atoms with Gasteiger partial charge in [0, 0.05) is 17.5 Å². The standard InChI is InChI=1S/C11H11IO2/c1-14-10-6-7-11(12,13)9-5-3-2-4-8(9)10/h2-6,13H,7H2,1H3. The normalized spacial score (nSPS) is 25.2. The fourth-order valence-corrected chi connectivity index (χ4v) is 2.36. The molecule has 0 aromatic heterocycles. The number of aliphatic hydroxyl groups is 1. The van der Waals surface area contributed by atoms with Crippen LogP contribution in [0.25, 0.3) is 5.76 Å². The number of halogens is 1. The largest absolute Gasteiger partial charge is 0.496 e. The summed E-state index contributed by atoms with van der Waals surface area (Å²) in [6.45, 7) is 0. The minimum absolute atomic E-state index is 0.591. The number of hydrogen-bond donors (Lipinski definition) is 1. The summed E-state index contributed by atoms with van der Waals surface area (Å²) in [7, 11) is 1.65. The molecule has 1 aliphatic rings. The predicted octanol–water partition coefficient (Wildman–Crippen LogP) is 2.66. The summed E-state index contributed by atoms with van der Waals surface area (Å²) in [6.07, 6.45) is 2.52. The molecule has 0 aliphatic heterocycles. The van der Waals surface area contributed by atoms with Crippen molar-refractivity contribution in [2.75, 3.05) is 7.11 Å². The van der Waals surface area contributed by atoms with Crippen molar-refractivity contribution in [2.24, 2.45) is 0 Å². The van der Waals surface area contributed by atoms with Gasteiger partial charge in [0.25, 0.3) is 0 Å². The van der Waals surface area contributed by atoms with E-state index in [2.05, 4.69) is 22.6 Å². The Hall–Kier alpha value is -0.550. The second-order valence-corrected chi connectivity index (χ2v) is 5.07. The number of benzene rings is 1. The molecular formula is C11H11IO2. The van der Waals surface area contributed by atoms with Gasteiger partial charge in [-0.15, -0.1) is 0 Å². The smallest absolute Gasteiger partial charge is 0.145 e. The van der Waals surface area contributed by atoms with Crippen molar-refractivity contribution in [3.63, 3.8) is 0 Å². The van der Waals surface area contributed by atoms with Crippen molar-refractivity contribution >= 4 is 28.4 Å². The van der Waals surface area contributed by atoms with Gasteiger partial charge in [-0.1, -0.05) is 24.3 Å². The van der Waals surface area contributed by atoms with E-state index in [1.165, 1.54) is 0 Å². The molecule has 0 amide bonds. The van der Waals surface area contributed by atoms with Crippen LogP contribution in [0.1, 0.15) is 17.5 Å². The first kappa shape index (κ1) is 9.98. The highest BCUT2D eigenvalue weighted by Gasteiger charge is 2.31. The molecule has 0 fully saturated rings. The van der Waals surface area contributed by atoms with Crippen LogP contribution in [-0.2, 0) is 8.34 Å². The van der Waals surface area contributed by atoms with E-state index in [0.717, 1.165) is 16.9 Å². The molecule has 0 spiro atoms. The summed E-state index contributed by atoms with van der Waals surface area (Å²) < 4.78 is 4.46. The van der Waals surface area contributed by atoms with Gasteiger partial charge in [0.2, 0.25) is 0 Å². The Labute approximate surface area is 96.7 Å². The maximum atomic E-state index is 10.1. The molecule has 2 nitrogen and oxygen atoms in total. The Bertz CT molecular complexity index is 383. The summed E-state index contributed by atoms with van der Waals surface area (Å²) in [5.74, 6) is 0.849. The predicted molar refractivity (Wildman–Crippen MR) is 64.0 cm³/mol. The zero-order valence-corrected chi connectivity index (χ0v) is 9.98. The van der Waals surface area contributed by atoms with E-state index >= 15 is 0 Å². The molecule has 3 heteroatoms. The van der Waals surface area contributed by atoms with Crippen LogP contribution in [0.2, 0.25) is 0 Å². The zero-order valence-electron chi connectivity index (χ0n) is 7.83. The van der Waals surface area contributed by atoms with Crippen LogP contribution in [0.5, 0.6) is 0 Å². The highest BCUT2D eigenvalue weighted by molar-refractivity contribution is 14.1. The lowest BCUT2D eigenvalue weighted by atomic mass is 9.93. The Balaban J connectivity index is 2.58. The Morgan fingerprint density at radius 2 is 2.14 bits per heavy atom. The van der Waals surface area contributed by atoms with E-state index in [9.17, 15) is 5.11 Å². The first-order valence-electron chi connectivity index (χ1n) is 4.40. The number of hydrogen-bond acceptors (Lipinski definition) is 2. The van der Waals surface area contributed by atoms with Gasteiger partial charge in [-0.2, -0.15) is 0 Å². The first-order valence-corrected chi connectivity index (χ1v) is 5.48. The quantitative estimate of drug-likeness (QED) is 0.638. The van der Waals surface area contributed by atoms with Crippen molar-refractivity contribution in [3.05, 3.63) is 41.5 Å². The molecule has 2 rings (SSSR count). The van der Waals surface area contributed by atoms with Crippen LogP contribution >= 0.6 is 22.6 Å². The number of rotatable bonds is 1. The fraction of sp³-hybridized carbons (Fsp3) is 0.273. The van der Waals surface area contributed by atoms with Gasteiger partial charge in [0.15, 0.2) is 0 Å². The average molecular weight is 302 g/mol. The summed E-state index contributed by atoms with van der Waals surface area (Å²) >= 11 is 2.06. The average Bonchev–Trinajstić information content (AvgIpc) is 2.18. The molecule has 0 radical (unpaired) electrons. The molecule has 1 N–H and O–H groups in total. The van der Waals surface area contributed by atoms with Crippen LogP contribution in [0, 0.1) is 0 Å². The van der Waals surface area contributed by atoms with E-state index in [1.54, 1.807) is 7.11 Å². The third kappa shape index (κ3) is 1.54. The molecule has 1 unspecified atom stereocenters. The summed E-state index contributed by atoms with van der Waals surface area (Å²) in [5.41, 5.74) is 1.91. The minimum Gasteiger partial charge on any atom is -0.496 e. The minimum atomic E-state index is -0.795. The van der Waals surface area contributed by atoms with Crippen LogP contribution in [-0.4, -0.2) is 12.2 Å². The SMILES string of the molecule is COC1=CCC(O)(I)c2ccccc21. The van der Waals surface area contributed by atoms with Gasteiger partial charge in [-0.25, -0.2) is 0 Å². The monoisotopic (exact) mass is 302 g/mol. The lowest BCUT2D eigenvalue weighted by molar-refractivity contribution is 0.156. The van der Waals surface area contributed by atoms with Gasteiger partial charge in [-0.3, -0.25) is 0 Å². The summed E-state index contributed by atoms with van der Waals surface area (Å²) in [4.78, 5) is 0. The van der Waals surface area contributed by atoms with E-state index in [1.807, 2.05) is 30.3 Å². The molecule has 0 heterocycles. The van der Waals surface area contributed by atoms with Crippen molar-refractivity contribution in [2.45, 2.75) is 10.0 Å². The lowest BCUT2D eigenvalue weighted by Gasteiger charge is -2.28. The molecule has 0 saturated carbocycles. The molecule has 1 aromatic rings. The number of methoxy groups -OCH3 is 1. The second-order valence-electron chi connectivity index (χ2n) is 3.28. The van der Waals surface area contributed by atoms with Crippen LogP contribution < -0.4 is 0 Å². The molecule has 0 bridgehead atoms. The van der Waals surface area contributed by atoms with Crippen molar-refractivity contribution in [1.29, 1.82) is 0 Å². The summed E-state index contributed by atoms with van der Waals surface area (Å²) in [5, 5.41) is 10.1. The molecular weight excluding hydrogens is 291 g/mol. The van der Waals surface area contributed by atoms with Gasteiger partial charge in [-0.05, 0) is 28.7 Å². The second kappa shape index (κ2) is 3.55. The Morgan fingerprint density at radius 1 is 1.43 bits per heavy atom. The third-order valence-corrected chi connectivity index (χ3v) is 3.40. The number of alkyl halides is 1. The van der Waals surface area contributed by atoms with Crippen molar-refractivity contribution < 1.29 is 9.84 Å². The lowest BCUT2D eigenvalue weighted by Crippen LogP contribution is -2.21. The maximum absolute atomic E-state index is 10.1. The molecule has 1 aromatic carbocycles. The highest BCUT2D eigenvalue weighted by atomic mass is 127. The molecule has 1 atom stereocenters. The molecule has 1 aliphatic carbocycles. The van der Waals surface area contributed by atoms with E-state index in [-0.39, 0.29) is 0 Å². The number of ether oxygens (including phenoxy) is 1. The Kier molecular flexibility index (Phi) is 2.53. The molecule has 74 valence electrons. The third-order valence-electron chi connectivity index (χ3n) is 2.38. The fourth-order valence-electron chi connectivity index (χ4n) is 1.67. The summed E-state index contributed by atoms with van der Waals surface area (Å²) in [6, 6.07) is 7.78. The van der Waals surface area contributed by atoms with Gasteiger partial charge >= 0.3 is 0 Å². The first-order chi connectivity index (χ1) is 6.65. The van der Waals surface area contributed by atoms with E-state index in [0.29, 0.717) is 6.42 Å². The van der Waals surface area contributed by atoms with Crippen LogP contribution in [0.4, 0.5) is 0 Å².